The quantitative estimate of drug-likeness (QED) is 0.764. The van der Waals surface area contributed by atoms with Gasteiger partial charge in [0.25, 0.3) is 0 Å². The summed E-state index contributed by atoms with van der Waals surface area (Å²) < 4.78 is 42.5. The molecule has 2 nitrogen and oxygen atoms in total. The highest BCUT2D eigenvalue weighted by atomic mass is 35.5. The molecule has 0 aliphatic rings. The molecular formula is C11H13ClF3NO. The van der Waals surface area contributed by atoms with E-state index in [4.69, 9.17) is 16.3 Å². The van der Waals surface area contributed by atoms with Crippen LogP contribution in [0.15, 0.2) is 12.1 Å². The van der Waals surface area contributed by atoms with Crippen molar-refractivity contribution in [2.75, 3.05) is 6.61 Å². The van der Waals surface area contributed by atoms with Crippen molar-refractivity contribution in [3.63, 3.8) is 0 Å². The molecule has 0 atom stereocenters. The van der Waals surface area contributed by atoms with Crippen LogP contribution in [0.25, 0.3) is 0 Å². The van der Waals surface area contributed by atoms with Gasteiger partial charge in [-0.1, -0.05) is 25.4 Å². The lowest BCUT2D eigenvalue weighted by Gasteiger charge is -2.11. The van der Waals surface area contributed by atoms with Crippen LogP contribution < -0.4 is 4.74 Å². The fourth-order valence-corrected chi connectivity index (χ4v) is 1.31. The first-order chi connectivity index (χ1) is 7.79. The second kappa shape index (κ2) is 5.58. The molecule has 0 aliphatic carbocycles. The van der Waals surface area contributed by atoms with E-state index in [0.29, 0.717) is 12.5 Å². The van der Waals surface area contributed by atoms with E-state index in [0.717, 1.165) is 18.6 Å². The third-order valence-electron chi connectivity index (χ3n) is 2.04. The van der Waals surface area contributed by atoms with Crippen molar-refractivity contribution >= 4 is 11.6 Å². The normalized spacial score (nSPS) is 11.9. The lowest BCUT2D eigenvalue weighted by Crippen LogP contribution is -2.08. The second-order valence-electron chi connectivity index (χ2n) is 4.05. The molecule has 17 heavy (non-hydrogen) atoms. The van der Waals surface area contributed by atoms with Crippen LogP contribution in [0.2, 0.25) is 5.15 Å². The number of hydrogen-bond donors (Lipinski definition) is 0. The monoisotopic (exact) mass is 267 g/mol. The summed E-state index contributed by atoms with van der Waals surface area (Å²) in [5.74, 6) is 0.321. The number of alkyl halides is 3. The van der Waals surface area contributed by atoms with Gasteiger partial charge in [0.1, 0.15) is 5.15 Å². The Labute approximate surface area is 103 Å². The van der Waals surface area contributed by atoms with Gasteiger partial charge >= 0.3 is 6.18 Å². The maximum absolute atomic E-state index is 12.5. The Morgan fingerprint density at radius 3 is 2.53 bits per heavy atom. The van der Waals surface area contributed by atoms with E-state index in [2.05, 4.69) is 4.98 Å². The van der Waals surface area contributed by atoms with Gasteiger partial charge in [-0.15, -0.1) is 0 Å². The maximum atomic E-state index is 12.5. The minimum Gasteiger partial charge on any atom is -0.478 e. The van der Waals surface area contributed by atoms with Gasteiger partial charge in [0.2, 0.25) is 5.88 Å². The summed E-state index contributed by atoms with van der Waals surface area (Å²) in [6.07, 6.45) is -3.70. The predicted octanol–water partition coefficient (Wildman–Crippen LogP) is 4.18. The third kappa shape index (κ3) is 4.81. The summed E-state index contributed by atoms with van der Waals surface area (Å²) in [5, 5.41) is -0.223. The minimum absolute atomic E-state index is 0.0922. The summed E-state index contributed by atoms with van der Waals surface area (Å²) in [6, 6.07) is 1.63. The SMILES string of the molecule is CC(C)CCOc1cc(C(F)(F)F)cc(Cl)n1. The zero-order chi connectivity index (χ0) is 13.1. The Bertz CT molecular complexity index is 379. The van der Waals surface area contributed by atoms with E-state index in [1.54, 1.807) is 0 Å². The molecule has 0 saturated heterocycles. The molecule has 0 fully saturated rings. The summed E-state index contributed by atoms with van der Waals surface area (Å²) >= 11 is 5.51. The first-order valence-electron chi connectivity index (χ1n) is 5.16. The number of ether oxygens (including phenoxy) is 1. The van der Waals surface area contributed by atoms with E-state index in [1.165, 1.54) is 0 Å². The molecule has 0 N–H and O–H groups in total. The predicted molar refractivity (Wildman–Crippen MR) is 59.2 cm³/mol. The van der Waals surface area contributed by atoms with Crippen molar-refractivity contribution in [1.82, 2.24) is 4.98 Å². The first-order valence-corrected chi connectivity index (χ1v) is 5.54. The van der Waals surface area contributed by atoms with Crippen LogP contribution in [-0.2, 0) is 6.18 Å². The highest BCUT2D eigenvalue weighted by Crippen LogP contribution is 2.32. The van der Waals surface area contributed by atoms with Gasteiger partial charge in [-0.05, 0) is 18.4 Å². The van der Waals surface area contributed by atoms with Gasteiger partial charge in [0, 0.05) is 6.07 Å². The second-order valence-corrected chi connectivity index (χ2v) is 4.43. The van der Waals surface area contributed by atoms with Crippen LogP contribution in [0.3, 0.4) is 0 Å². The van der Waals surface area contributed by atoms with Crippen LogP contribution in [-0.4, -0.2) is 11.6 Å². The van der Waals surface area contributed by atoms with Crippen molar-refractivity contribution < 1.29 is 17.9 Å². The number of aromatic nitrogens is 1. The average Bonchev–Trinajstić information content (AvgIpc) is 2.14. The number of pyridine rings is 1. The molecule has 1 aromatic heterocycles. The molecule has 0 spiro atoms. The van der Waals surface area contributed by atoms with Gasteiger partial charge in [-0.3, -0.25) is 0 Å². The highest BCUT2D eigenvalue weighted by molar-refractivity contribution is 6.29. The molecule has 6 heteroatoms. The fourth-order valence-electron chi connectivity index (χ4n) is 1.11. The first kappa shape index (κ1) is 14.1. The van der Waals surface area contributed by atoms with Gasteiger partial charge in [0.15, 0.2) is 0 Å². The van der Waals surface area contributed by atoms with Crippen molar-refractivity contribution in [2.45, 2.75) is 26.4 Å². The molecule has 0 amide bonds. The summed E-state index contributed by atoms with van der Waals surface area (Å²) in [6.45, 7) is 4.31. The standard InChI is InChI=1S/C11H13ClF3NO/c1-7(2)3-4-17-10-6-8(11(13,14)15)5-9(12)16-10/h5-7H,3-4H2,1-2H3. The minimum atomic E-state index is -4.44. The van der Waals surface area contributed by atoms with Crippen LogP contribution >= 0.6 is 11.6 Å². The molecule has 1 heterocycles. The Hall–Kier alpha value is -0.970. The van der Waals surface area contributed by atoms with Crippen LogP contribution in [0, 0.1) is 5.92 Å². The summed E-state index contributed by atoms with van der Waals surface area (Å²) in [7, 11) is 0. The molecule has 96 valence electrons. The number of hydrogen-bond acceptors (Lipinski definition) is 2. The average molecular weight is 268 g/mol. The Morgan fingerprint density at radius 1 is 1.35 bits per heavy atom. The van der Waals surface area contributed by atoms with Gasteiger partial charge in [-0.2, -0.15) is 13.2 Å². The van der Waals surface area contributed by atoms with E-state index in [1.807, 2.05) is 13.8 Å². The lowest BCUT2D eigenvalue weighted by atomic mass is 10.1. The smallest absolute Gasteiger partial charge is 0.416 e. The molecule has 1 rings (SSSR count). The van der Waals surface area contributed by atoms with Crippen molar-refractivity contribution in [1.29, 1.82) is 0 Å². The number of halogens is 4. The molecular weight excluding hydrogens is 255 g/mol. The lowest BCUT2D eigenvalue weighted by molar-refractivity contribution is -0.137. The molecule has 0 unspecified atom stereocenters. The zero-order valence-electron chi connectivity index (χ0n) is 9.51. The summed E-state index contributed by atoms with van der Waals surface area (Å²) in [5.41, 5.74) is -0.850. The van der Waals surface area contributed by atoms with E-state index >= 15 is 0 Å². The van der Waals surface area contributed by atoms with Crippen molar-refractivity contribution in [3.05, 3.63) is 22.8 Å². The molecule has 0 aliphatic heterocycles. The van der Waals surface area contributed by atoms with Crippen LogP contribution in [0.1, 0.15) is 25.8 Å². The van der Waals surface area contributed by atoms with Gasteiger partial charge in [0.05, 0.1) is 12.2 Å². The Morgan fingerprint density at radius 2 is 2.00 bits per heavy atom. The van der Waals surface area contributed by atoms with Gasteiger partial charge in [-0.25, -0.2) is 4.98 Å². The third-order valence-corrected chi connectivity index (χ3v) is 2.24. The number of rotatable bonds is 4. The van der Waals surface area contributed by atoms with Crippen molar-refractivity contribution in [2.24, 2.45) is 5.92 Å². The van der Waals surface area contributed by atoms with Crippen molar-refractivity contribution in [3.8, 4) is 5.88 Å². The van der Waals surface area contributed by atoms with E-state index in [-0.39, 0.29) is 11.0 Å². The zero-order valence-corrected chi connectivity index (χ0v) is 10.3. The van der Waals surface area contributed by atoms with Gasteiger partial charge < -0.3 is 4.74 Å². The topological polar surface area (TPSA) is 22.1 Å². The van der Waals surface area contributed by atoms with E-state index < -0.39 is 11.7 Å². The molecule has 0 bridgehead atoms. The Balaban J connectivity index is 2.76. The Kier molecular flexibility index (Phi) is 4.62. The maximum Gasteiger partial charge on any atom is 0.416 e. The van der Waals surface area contributed by atoms with E-state index in [9.17, 15) is 13.2 Å². The molecule has 0 radical (unpaired) electrons. The molecule has 0 aromatic carbocycles. The van der Waals surface area contributed by atoms with Crippen LogP contribution in [0.4, 0.5) is 13.2 Å². The number of nitrogens with zero attached hydrogens (tertiary/aromatic N) is 1. The largest absolute Gasteiger partial charge is 0.478 e. The molecule has 1 aromatic rings. The van der Waals surface area contributed by atoms with Crippen LogP contribution in [0.5, 0.6) is 5.88 Å². The molecule has 0 saturated carbocycles. The fraction of sp³-hybridized carbons (Fsp3) is 0.545. The summed E-state index contributed by atoms with van der Waals surface area (Å²) in [4.78, 5) is 3.69. The highest BCUT2D eigenvalue weighted by Gasteiger charge is 2.31.